The Morgan fingerprint density at radius 3 is 0.910 bits per heavy atom. The number of hydrogen-bond donors (Lipinski definition) is 5. The lowest BCUT2D eigenvalue weighted by molar-refractivity contribution is -0.697. The first-order chi connectivity index (χ1) is 48.9. The number of carbonyl (C=O) groups is 4. The van der Waals surface area contributed by atoms with Gasteiger partial charge in [0.25, 0.3) is 0 Å². The van der Waals surface area contributed by atoms with Crippen molar-refractivity contribution in [2.75, 3.05) is 6.54 Å². The van der Waals surface area contributed by atoms with E-state index in [0.717, 1.165) is 270 Å². The van der Waals surface area contributed by atoms with Crippen molar-refractivity contribution in [3.8, 4) is 0 Å². The average Bonchev–Trinajstić information content (AvgIpc) is 1.61. The summed E-state index contributed by atoms with van der Waals surface area (Å²) in [5.41, 5.74) is 15.4. The number of aryl methyl sites for hydroxylation is 3. The van der Waals surface area contributed by atoms with E-state index in [1.807, 2.05) is 0 Å². The number of carboxylic acids is 4. The van der Waals surface area contributed by atoms with E-state index in [-0.39, 0.29) is 25.7 Å². The zero-order valence-electron chi connectivity index (χ0n) is 59.3. The van der Waals surface area contributed by atoms with Gasteiger partial charge in [-0.2, -0.15) is 0 Å². The van der Waals surface area contributed by atoms with E-state index in [0.29, 0.717) is 0 Å². The molecule has 0 radical (unpaired) electrons. The number of unbranched alkanes of at least 4 members (excludes halogenated alkanes) is 28. The predicted molar refractivity (Wildman–Crippen MR) is 397 cm³/mol. The number of aliphatic imine (C=N–C) groups is 3. The first-order valence-electron chi connectivity index (χ1n) is 38.0. The van der Waals surface area contributed by atoms with Crippen LogP contribution in [0.4, 0.5) is 0 Å². The Bertz CT molecular complexity index is 3700. The molecule has 0 amide bonds. The third-order valence-electron chi connectivity index (χ3n) is 19.7. The van der Waals surface area contributed by atoms with Crippen LogP contribution in [0.5, 0.6) is 0 Å². The Kier molecular flexibility index (Phi) is 31.5. The highest BCUT2D eigenvalue weighted by molar-refractivity contribution is 6.36. The third kappa shape index (κ3) is 24.8. The molecule has 0 unspecified atom stereocenters. The van der Waals surface area contributed by atoms with Gasteiger partial charge in [0, 0.05) is 135 Å². The molecule has 3 aromatic heterocycles. The van der Waals surface area contributed by atoms with E-state index >= 15 is 0 Å². The number of aliphatic carboxylic acids is 4. The van der Waals surface area contributed by atoms with Gasteiger partial charge < -0.3 is 25.3 Å². The van der Waals surface area contributed by atoms with E-state index in [1.54, 1.807) is 0 Å². The fourth-order valence-electron chi connectivity index (χ4n) is 14.1. The van der Waals surface area contributed by atoms with Crippen molar-refractivity contribution < 1.29 is 58.6 Å². The lowest BCUT2D eigenvalue weighted by Crippen LogP contribution is -2.78. The summed E-state index contributed by atoms with van der Waals surface area (Å²) in [7, 11) is 0. The second-order valence-electron chi connectivity index (χ2n) is 27.7. The number of nitrogens with two attached hydrogens (primary N) is 1. The molecule has 0 aliphatic carbocycles. The van der Waals surface area contributed by atoms with E-state index in [1.165, 1.54) is 51.4 Å². The minimum absolute atomic E-state index is 0.259. The molecule has 16 heteroatoms. The van der Waals surface area contributed by atoms with Gasteiger partial charge in [0.15, 0.2) is 37.2 Å². The van der Waals surface area contributed by atoms with Gasteiger partial charge in [-0.15, -0.1) is 0 Å². The van der Waals surface area contributed by atoms with Crippen molar-refractivity contribution in [1.82, 2.24) is 4.90 Å². The second kappa shape index (κ2) is 41.7. The van der Waals surface area contributed by atoms with E-state index < -0.39 is 23.9 Å². The van der Waals surface area contributed by atoms with Crippen LogP contribution in [0.1, 0.15) is 248 Å². The van der Waals surface area contributed by atoms with Crippen LogP contribution in [-0.4, -0.2) is 72.9 Å². The molecule has 0 saturated heterocycles. The van der Waals surface area contributed by atoms with Gasteiger partial charge >= 0.3 is 23.9 Å². The monoisotopic (exact) mass is 1360 g/mol. The van der Waals surface area contributed by atoms with E-state index in [9.17, 15) is 19.2 Å². The maximum absolute atomic E-state index is 10.9. The molecule has 100 heavy (non-hydrogen) atoms. The summed E-state index contributed by atoms with van der Waals surface area (Å²) >= 11 is 0. The summed E-state index contributed by atoms with van der Waals surface area (Å²) in [6.07, 6.45) is 74.7. The summed E-state index contributed by atoms with van der Waals surface area (Å²) in [6.45, 7) is 3.67. The molecule has 0 aromatic carbocycles. The quantitative estimate of drug-likeness (QED) is 0.0268. The van der Waals surface area contributed by atoms with Crippen LogP contribution in [0.2, 0.25) is 0 Å². The molecule has 16 nitrogen and oxygen atoms in total. The van der Waals surface area contributed by atoms with Crippen LogP contribution in [0.3, 0.4) is 0 Å². The maximum atomic E-state index is 10.9. The van der Waals surface area contributed by atoms with Crippen molar-refractivity contribution >= 4 is 57.7 Å². The fraction of sp³-hybridized carbons (Fsp3) is 0.476. The van der Waals surface area contributed by atoms with Crippen LogP contribution >= 0.6 is 0 Å². The highest BCUT2D eigenvalue weighted by Gasteiger charge is 2.32. The predicted octanol–water partition coefficient (Wildman–Crippen LogP) is 16.5. The van der Waals surface area contributed by atoms with Gasteiger partial charge in [0.2, 0.25) is 0 Å². The van der Waals surface area contributed by atoms with Crippen molar-refractivity contribution in [2.45, 2.75) is 251 Å². The first kappa shape index (κ1) is 75.4. The third-order valence-corrected chi connectivity index (χ3v) is 19.7. The molecule has 0 atom stereocenters. The zero-order chi connectivity index (χ0) is 69.9. The molecule has 9 rings (SSSR count). The number of aromatic nitrogens is 3. The fourth-order valence-corrected chi connectivity index (χ4v) is 14.1. The second-order valence-corrected chi connectivity index (χ2v) is 27.7. The molecule has 0 fully saturated rings. The number of quaternary nitrogens is 1. The summed E-state index contributed by atoms with van der Waals surface area (Å²) in [6, 6.07) is 13.4. The van der Waals surface area contributed by atoms with Crippen molar-refractivity contribution in [1.29, 1.82) is 0 Å². The van der Waals surface area contributed by atoms with Gasteiger partial charge in [0.05, 0.1) is 45.4 Å². The number of hydrogen-bond acceptors (Lipinski definition) is 8. The molecule has 3 aromatic rings. The molecule has 6 aliphatic rings. The largest absolute Gasteiger partial charge is 0.481 e. The Balaban J connectivity index is 1.01. The Hall–Kier alpha value is -8.76. The van der Waals surface area contributed by atoms with Gasteiger partial charge in [-0.25, -0.2) is 28.7 Å². The van der Waals surface area contributed by atoms with Crippen molar-refractivity contribution in [3.05, 3.63) is 203 Å². The molecule has 6 N–H and O–H groups in total. The number of rotatable bonds is 47. The maximum Gasteiger partial charge on any atom is 0.303 e. The molecule has 6 aliphatic heterocycles. The highest BCUT2D eigenvalue weighted by Crippen LogP contribution is 2.38. The Morgan fingerprint density at radius 2 is 0.590 bits per heavy atom. The normalized spacial score (nSPS) is 15.4. The summed E-state index contributed by atoms with van der Waals surface area (Å²) in [4.78, 5) is 62.9. The number of allylic oxidation sites excluding steroid dienone is 15. The van der Waals surface area contributed by atoms with Crippen molar-refractivity contribution in [2.24, 2.45) is 15.0 Å². The number of pyridine rings is 3. The van der Waals surface area contributed by atoms with E-state index in [2.05, 4.69) is 171 Å². The molecule has 0 spiro atoms. The SMILES string of the molecule is O=C(O)CCCCCCCCCCN1C=CC(=C2C3=NC(=C(c4cc[n+](CCCCCCCCCCC(=O)O)cc4)C4=CC=C([NH2+]4)C(c4cc[n+](CCCCCCCCCCC(=O)O)cc4)=C4C=CC(=N4)C(c4cc[n+](CCCCCCCCCCC(=O)O)cc4)=C4C=CC2=N4)C=C3)C=C1. The summed E-state index contributed by atoms with van der Waals surface area (Å²) < 4.78 is 6.85. The highest BCUT2D eigenvalue weighted by atomic mass is 16.4. The lowest BCUT2D eigenvalue weighted by atomic mass is 9.97. The summed E-state index contributed by atoms with van der Waals surface area (Å²) in [5, 5.41) is 38.3. The number of carboxylic acid groups (broad SMARTS) is 4. The van der Waals surface area contributed by atoms with Gasteiger partial charge in [-0.1, -0.05) is 135 Å². The zero-order valence-corrected chi connectivity index (χ0v) is 59.3. The number of nitrogens with zero attached hydrogens (tertiary/aromatic N) is 7. The van der Waals surface area contributed by atoms with Crippen molar-refractivity contribution in [3.63, 3.8) is 0 Å². The molecule has 530 valence electrons. The van der Waals surface area contributed by atoms with Crippen LogP contribution < -0.4 is 19.0 Å². The van der Waals surface area contributed by atoms with Gasteiger partial charge in [-0.05, 0) is 111 Å². The van der Waals surface area contributed by atoms with Crippen LogP contribution in [0.15, 0.2) is 201 Å². The Labute approximate surface area is 593 Å². The Morgan fingerprint density at radius 1 is 0.320 bits per heavy atom. The minimum Gasteiger partial charge on any atom is -0.481 e. The first-order valence-corrected chi connectivity index (χ1v) is 38.0. The lowest BCUT2D eigenvalue weighted by Gasteiger charge is -2.20. The van der Waals surface area contributed by atoms with E-state index in [4.69, 9.17) is 35.4 Å². The molecule has 9 heterocycles. The minimum atomic E-state index is -0.709. The van der Waals surface area contributed by atoms with Crippen LogP contribution in [0.25, 0.3) is 16.7 Å². The molecular weight excluding hydrogens is 1250 g/mol. The van der Waals surface area contributed by atoms with Crippen LogP contribution in [-0.2, 0) is 38.8 Å². The molecule has 0 saturated carbocycles. The van der Waals surface area contributed by atoms with Gasteiger partial charge in [0.1, 0.15) is 31.0 Å². The average molecular weight is 1360 g/mol. The molecule has 8 bridgehead atoms. The van der Waals surface area contributed by atoms with Gasteiger partial charge in [-0.3, -0.25) is 24.5 Å². The standard InChI is InChI=1S/C84H106N8O8/c93-77(94)33-25-17-9-1-5-13-21-29-53-89-57-45-65(46-58-89)81-69-37-39-71(85-69)82(66-47-59-90(60-48-66)54-30-22-14-6-2-10-18-26-34-78(95)96)73-41-43-75(87-73)84(68-51-63-92(64-52-68)56-32-24-16-8-4-12-20-28-36-80(99)100)76-44-42-74(88-76)83(72-40-38-70(81)86-72)67-49-61-91(62-50-67)55-31-23-15-7-3-11-19-27-35-79(97)98/h37-52,57-64H,1-36,53-56H2,(H2-3,85,86,87,88,93,94,95,96,97,98,99,100)/p+4. The molecular formula is C84H110N8O8+4. The summed E-state index contributed by atoms with van der Waals surface area (Å²) in [5.74, 6) is -2.83. The smallest absolute Gasteiger partial charge is 0.303 e. The van der Waals surface area contributed by atoms with Crippen LogP contribution in [0, 0.1) is 0 Å². The topological polar surface area (TPSA) is 218 Å². The number of fused-ring (bicyclic) bond motifs is 5.